The zero-order valence-electron chi connectivity index (χ0n) is 15.2. The summed E-state index contributed by atoms with van der Waals surface area (Å²) >= 11 is 0. The molecule has 4 rings (SSSR count). The van der Waals surface area contributed by atoms with Crippen molar-refractivity contribution in [2.45, 2.75) is 32.9 Å². The zero-order chi connectivity index (χ0) is 18.8. The standard InChI is InChI=1S/C21H21N3O3/c1-14-17-6-2-3-7-18(17)21(26)24(23-14)13-20(25)22-12-15-8-9-19-16(11-15)5-4-10-27-19/h2-3,6-9,11H,4-5,10,12-13H2,1H3,(H,22,25). The van der Waals surface area contributed by atoms with E-state index in [1.165, 1.54) is 10.2 Å². The molecular formula is C21H21N3O3. The second-order valence-corrected chi connectivity index (χ2v) is 6.76. The summed E-state index contributed by atoms with van der Waals surface area (Å²) in [6, 6.07) is 13.3. The molecule has 6 nitrogen and oxygen atoms in total. The van der Waals surface area contributed by atoms with Crippen molar-refractivity contribution in [2.24, 2.45) is 0 Å². The number of carbonyl (C=O) groups excluding carboxylic acids is 1. The number of aryl methyl sites for hydroxylation is 2. The Hall–Kier alpha value is -3.15. The van der Waals surface area contributed by atoms with E-state index in [-0.39, 0.29) is 18.0 Å². The largest absolute Gasteiger partial charge is 0.493 e. The van der Waals surface area contributed by atoms with Gasteiger partial charge in [0.05, 0.1) is 17.7 Å². The number of carbonyl (C=O) groups is 1. The van der Waals surface area contributed by atoms with E-state index in [4.69, 9.17) is 4.74 Å². The third-order valence-corrected chi connectivity index (χ3v) is 4.81. The summed E-state index contributed by atoms with van der Waals surface area (Å²) < 4.78 is 6.84. The van der Waals surface area contributed by atoms with E-state index in [2.05, 4.69) is 16.5 Å². The van der Waals surface area contributed by atoms with Crippen LogP contribution in [0.5, 0.6) is 5.75 Å². The van der Waals surface area contributed by atoms with Gasteiger partial charge in [0.25, 0.3) is 5.56 Å². The average molecular weight is 363 g/mol. The van der Waals surface area contributed by atoms with Crippen LogP contribution in [0.3, 0.4) is 0 Å². The highest BCUT2D eigenvalue weighted by molar-refractivity contribution is 5.83. The smallest absolute Gasteiger partial charge is 0.275 e. The molecule has 0 radical (unpaired) electrons. The highest BCUT2D eigenvalue weighted by atomic mass is 16.5. The average Bonchev–Trinajstić information content (AvgIpc) is 2.70. The summed E-state index contributed by atoms with van der Waals surface area (Å²) in [6.07, 6.45) is 2.01. The number of aromatic nitrogens is 2. The van der Waals surface area contributed by atoms with Gasteiger partial charge in [-0.3, -0.25) is 9.59 Å². The second kappa shape index (κ2) is 7.23. The highest BCUT2D eigenvalue weighted by Gasteiger charge is 2.13. The van der Waals surface area contributed by atoms with Gasteiger partial charge in [-0.05, 0) is 43.0 Å². The number of nitrogens with zero attached hydrogens (tertiary/aromatic N) is 2. The monoisotopic (exact) mass is 363 g/mol. The fourth-order valence-corrected chi connectivity index (χ4v) is 3.43. The Morgan fingerprint density at radius 3 is 2.89 bits per heavy atom. The van der Waals surface area contributed by atoms with Crippen LogP contribution in [0.4, 0.5) is 0 Å². The van der Waals surface area contributed by atoms with Crippen LogP contribution in [0.1, 0.15) is 23.2 Å². The molecule has 138 valence electrons. The van der Waals surface area contributed by atoms with E-state index in [0.29, 0.717) is 11.9 Å². The molecule has 0 fully saturated rings. The van der Waals surface area contributed by atoms with Crippen molar-refractivity contribution >= 4 is 16.7 Å². The van der Waals surface area contributed by atoms with E-state index in [0.717, 1.165) is 41.8 Å². The summed E-state index contributed by atoms with van der Waals surface area (Å²) in [6.45, 7) is 2.91. The number of fused-ring (bicyclic) bond motifs is 2. The molecule has 1 amide bonds. The molecule has 0 bridgehead atoms. The molecule has 1 aromatic heterocycles. The van der Waals surface area contributed by atoms with Gasteiger partial charge < -0.3 is 10.1 Å². The van der Waals surface area contributed by atoms with Gasteiger partial charge in [-0.1, -0.05) is 30.3 Å². The van der Waals surface area contributed by atoms with Crippen molar-refractivity contribution in [3.8, 4) is 5.75 Å². The van der Waals surface area contributed by atoms with Gasteiger partial charge in [0.1, 0.15) is 12.3 Å². The first kappa shape index (κ1) is 17.3. The lowest BCUT2D eigenvalue weighted by Crippen LogP contribution is -2.33. The third kappa shape index (κ3) is 3.56. The molecule has 0 unspecified atom stereocenters. The van der Waals surface area contributed by atoms with Crippen molar-refractivity contribution < 1.29 is 9.53 Å². The third-order valence-electron chi connectivity index (χ3n) is 4.81. The minimum atomic E-state index is -0.253. The number of nitrogens with one attached hydrogen (secondary N) is 1. The predicted octanol–water partition coefficient (Wildman–Crippen LogP) is 2.35. The topological polar surface area (TPSA) is 73.2 Å². The Kier molecular flexibility index (Phi) is 4.62. The number of benzene rings is 2. The number of rotatable bonds is 4. The van der Waals surface area contributed by atoms with Crippen LogP contribution in [-0.4, -0.2) is 22.3 Å². The fourth-order valence-electron chi connectivity index (χ4n) is 3.43. The molecule has 2 heterocycles. The first-order valence-corrected chi connectivity index (χ1v) is 9.09. The first-order valence-electron chi connectivity index (χ1n) is 9.09. The summed E-state index contributed by atoms with van der Waals surface area (Å²) in [5, 5.41) is 8.54. The maximum absolute atomic E-state index is 12.6. The van der Waals surface area contributed by atoms with E-state index in [9.17, 15) is 9.59 Å². The van der Waals surface area contributed by atoms with Gasteiger partial charge in [0.2, 0.25) is 5.91 Å². The molecule has 3 aromatic rings. The maximum Gasteiger partial charge on any atom is 0.275 e. The lowest BCUT2D eigenvalue weighted by Gasteiger charge is -2.18. The molecule has 1 aliphatic heterocycles. The molecule has 6 heteroatoms. The molecule has 0 saturated carbocycles. The summed E-state index contributed by atoms with van der Waals surface area (Å²) in [5.41, 5.74) is 2.67. The van der Waals surface area contributed by atoms with E-state index in [1.807, 2.05) is 37.3 Å². The Balaban J connectivity index is 1.46. The minimum Gasteiger partial charge on any atom is -0.493 e. The maximum atomic E-state index is 12.6. The molecule has 27 heavy (non-hydrogen) atoms. The summed E-state index contributed by atoms with van der Waals surface area (Å²) in [4.78, 5) is 24.9. The molecule has 0 spiro atoms. The number of amides is 1. The van der Waals surface area contributed by atoms with Crippen molar-refractivity contribution in [1.82, 2.24) is 15.1 Å². The van der Waals surface area contributed by atoms with Crippen LogP contribution in [-0.2, 0) is 24.3 Å². The van der Waals surface area contributed by atoms with Gasteiger partial charge in [0, 0.05) is 11.9 Å². The van der Waals surface area contributed by atoms with Crippen LogP contribution in [0.15, 0.2) is 47.3 Å². The van der Waals surface area contributed by atoms with Gasteiger partial charge >= 0.3 is 0 Å². The SMILES string of the molecule is Cc1nn(CC(=O)NCc2ccc3c(c2)CCCO3)c(=O)c2ccccc12. The van der Waals surface area contributed by atoms with E-state index < -0.39 is 0 Å². The number of hydrogen-bond donors (Lipinski definition) is 1. The van der Waals surface area contributed by atoms with Crippen LogP contribution >= 0.6 is 0 Å². The van der Waals surface area contributed by atoms with Crippen molar-refractivity contribution in [3.63, 3.8) is 0 Å². The van der Waals surface area contributed by atoms with Gasteiger partial charge in [0.15, 0.2) is 0 Å². The fraction of sp³-hybridized carbons (Fsp3) is 0.286. The molecule has 2 aromatic carbocycles. The highest BCUT2D eigenvalue weighted by Crippen LogP contribution is 2.25. The molecule has 0 atom stereocenters. The van der Waals surface area contributed by atoms with Crippen LogP contribution < -0.4 is 15.6 Å². The Morgan fingerprint density at radius 2 is 2.04 bits per heavy atom. The number of ether oxygens (including phenoxy) is 1. The Bertz CT molecular complexity index is 1070. The Morgan fingerprint density at radius 1 is 1.22 bits per heavy atom. The molecule has 0 aliphatic carbocycles. The predicted molar refractivity (Wildman–Crippen MR) is 103 cm³/mol. The van der Waals surface area contributed by atoms with Crippen molar-refractivity contribution in [1.29, 1.82) is 0 Å². The zero-order valence-corrected chi connectivity index (χ0v) is 15.2. The normalized spacial score (nSPS) is 13.1. The quantitative estimate of drug-likeness (QED) is 0.772. The van der Waals surface area contributed by atoms with Gasteiger partial charge in [-0.2, -0.15) is 5.10 Å². The van der Waals surface area contributed by atoms with Crippen LogP contribution in [0, 0.1) is 6.92 Å². The lowest BCUT2D eigenvalue weighted by molar-refractivity contribution is -0.122. The van der Waals surface area contributed by atoms with Gasteiger partial charge in [-0.25, -0.2) is 4.68 Å². The van der Waals surface area contributed by atoms with Gasteiger partial charge in [-0.15, -0.1) is 0 Å². The first-order chi connectivity index (χ1) is 13.1. The minimum absolute atomic E-state index is 0.0987. The molecule has 1 N–H and O–H groups in total. The summed E-state index contributed by atoms with van der Waals surface area (Å²) in [7, 11) is 0. The van der Waals surface area contributed by atoms with E-state index in [1.54, 1.807) is 6.07 Å². The van der Waals surface area contributed by atoms with Crippen molar-refractivity contribution in [2.75, 3.05) is 6.61 Å². The van der Waals surface area contributed by atoms with Crippen LogP contribution in [0.2, 0.25) is 0 Å². The molecular weight excluding hydrogens is 342 g/mol. The van der Waals surface area contributed by atoms with E-state index >= 15 is 0 Å². The lowest BCUT2D eigenvalue weighted by atomic mass is 10.0. The number of hydrogen-bond acceptors (Lipinski definition) is 4. The van der Waals surface area contributed by atoms with Crippen molar-refractivity contribution in [3.05, 3.63) is 69.6 Å². The second-order valence-electron chi connectivity index (χ2n) is 6.76. The Labute approximate surface area is 156 Å². The molecule has 0 saturated heterocycles. The molecule has 1 aliphatic rings. The van der Waals surface area contributed by atoms with Crippen LogP contribution in [0.25, 0.3) is 10.8 Å². The summed E-state index contributed by atoms with van der Waals surface area (Å²) in [5.74, 6) is 0.687.